The first-order valence-corrected chi connectivity index (χ1v) is 7.20. The predicted octanol–water partition coefficient (Wildman–Crippen LogP) is 4.70. The Labute approximate surface area is 113 Å². The van der Waals surface area contributed by atoms with Crippen LogP contribution in [0.2, 0.25) is 0 Å². The molecule has 0 aliphatic carbocycles. The lowest BCUT2D eigenvalue weighted by atomic mass is 9.90. The fraction of sp³-hybridized carbons (Fsp3) is 0.647. The molecule has 1 atom stereocenters. The molecular weight excluding hydrogens is 218 g/mol. The van der Waals surface area contributed by atoms with E-state index in [0.29, 0.717) is 6.04 Å². The Kier molecular flexibility index (Phi) is 5.87. The Balaban J connectivity index is 2.82. The Morgan fingerprint density at radius 1 is 1.00 bits per heavy atom. The quantitative estimate of drug-likeness (QED) is 0.768. The lowest BCUT2D eigenvalue weighted by molar-refractivity contribution is 0.468. The molecule has 1 unspecified atom stereocenters. The lowest BCUT2D eigenvalue weighted by Gasteiger charge is -2.22. The number of benzene rings is 1. The first-order chi connectivity index (χ1) is 8.45. The third-order valence-corrected chi connectivity index (χ3v) is 3.71. The van der Waals surface area contributed by atoms with Crippen molar-refractivity contribution in [3.63, 3.8) is 0 Å². The van der Waals surface area contributed by atoms with Crippen molar-refractivity contribution < 1.29 is 0 Å². The van der Waals surface area contributed by atoms with Crippen LogP contribution in [0.15, 0.2) is 12.1 Å². The van der Waals surface area contributed by atoms with Crippen LogP contribution in [0, 0.1) is 26.7 Å². The van der Waals surface area contributed by atoms with Crippen LogP contribution in [-0.2, 0) is 0 Å². The second kappa shape index (κ2) is 6.94. The maximum Gasteiger partial charge on any atom is 0.0322 e. The van der Waals surface area contributed by atoms with Crippen molar-refractivity contribution in [3.05, 3.63) is 34.4 Å². The molecule has 0 bridgehead atoms. The van der Waals surface area contributed by atoms with E-state index in [1.165, 1.54) is 41.5 Å². The zero-order valence-corrected chi connectivity index (χ0v) is 12.9. The summed E-state index contributed by atoms with van der Waals surface area (Å²) >= 11 is 0. The van der Waals surface area contributed by atoms with Gasteiger partial charge in [-0.2, -0.15) is 0 Å². The van der Waals surface area contributed by atoms with Crippen molar-refractivity contribution in [1.29, 1.82) is 0 Å². The fourth-order valence-corrected chi connectivity index (χ4v) is 2.90. The monoisotopic (exact) mass is 247 g/mol. The molecule has 102 valence electrons. The largest absolute Gasteiger partial charge is 0.313 e. The zero-order valence-electron chi connectivity index (χ0n) is 12.9. The van der Waals surface area contributed by atoms with Gasteiger partial charge in [-0.25, -0.2) is 0 Å². The molecule has 0 aliphatic heterocycles. The van der Waals surface area contributed by atoms with Crippen LogP contribution in [0.1, 0.15) is 61.4 Å². The normalized spacial score (nSPS) is 13.1. The van der Waals surface area contributed by atoms with Gasteiger partial charge in [-0.1, -0.05) is 44.4 Å². The minimum absolute atomic E-state index is 0.504. The maximum atomic E-state index is 3.49. The summed E-state index contributed by atoms with van der Waals surface area (Å²) in [5, 5.41) is 3.49. The number of hydrogen-bond donors (Lipinski definition) is 1. The molecule has 0 amide bonds. The fourth-order valence-electron chi connectivity index (χ4n) is 2.90. The summed E-state index contributed by atoms with van der Waals surface area (Å²) in [6.07, 6.45) is 3.86. The third kappa shape index (κ3) is 4.13. The lowest BCUT2D eigenvalue weighted by Crippen LogP contribution is -2.19. The highest BCUT2D eigenvalue weighted by molar-refractivity contribution is 5.39. The molecule has 0 saturated heterocycles. The van der Waals surface area contributed by atoms with Crippen molar-refractivity contribution in [2.45, 2.75) is 59.9 Å². The second-order valence-electron chi connectivity index (χ2n) is 5.98. The Bertz CT molecular complexity index is 356. The summed E-state index contributed by atoms with van der Waals surface area (Å²) in [6, 6.07) is 5.11. The highest BCUT2D eigenvalue weighted by atomic mass is 14.9. The van der Waals surface area contributed by atoms with Gasteiger partial charge in [0, 0.05) is 6.04 Å². The highest BCUT2D eigenvalue weighted by Gasteiger charge is 2.14. The van der Waals surface area contributed by atoms with Gasteiger partial charge in [-0.3, -0.25) is 0 Å². The molecular formula is C17H29N. The molecule has 1 aromatic carbocycles. The minimum Gasteiger partial charge on any atom is -0.313 e. The second-order valence-corrected chi connectivity index (χ2v) is 5.98. The van der Waals surface area contributed by atoms with Gasteiger partial charge in [-0.05, 0) is 56.8 Å². The molecule has 1 N–H and O–H groups in total. The van der Waals surface area contributed by atoms with E-state index in [9.17, 15) is 0 Å². The molecule has 18 heavy (non-hydrogen) atoms. The van der Waals surface area contributed by atoms with E-state index in [-0.39, 0.29) is 0 Å². The summed E-state index contributed by atoms with van der Waals surface area (Å²) in [5.74, 6) is 0.808. The molecule has 0 saturated carbocycles. The van der Waals surface area contributed by atoms with Gasteiger partial charge in [0.15, 0.2) is 0 Å². The van der Waals surface area contributed by atoms with Gasteiger partial charge in [0.05, 0.1) is 0 Å². The predicted molar refractivity (Wildman–Crippen MR) is 81.1 cm³/mol. The van der Waals surface area contributed by atoms with Gasteiger partial charge in [-0.15, -0.1) is 0 Å². The molecule has 1 aromatic rings. The third-order valence-electron chi connectivity index (χ3n) is 3.71. The van der Waals surface area contributed by atoms with E-state index in [0.717, 1.165) is 5.92 Å². The van der Waals surface area contributed by atoms with Crippen molar-refractivity contribution in [3.8, 4) is 0 Å². The molecule has 0 heterocycles. The summed E-state index contributed by atoms with van der Waals surface area (Å²) in [4.78, 5) is 0. The van der Waals surface area contributed by atoms with Crippen LogP contribution >= 0.6 is 0 Å². The van der Waals surface area contributed by atoms with E-state index in [1.54, 1.807) is 0 Å². The van der Waals surface area contributed by atoms with Gasteiger partial charge in [0.25, 0.3) is 0 Å². The molecule has 0 radical (unpaired) electrons. The highest BCUT2D eigenvalue weighted by Crippen LogP contribution is 2.27. The number of rotatable bonds is 6. The molecule has 1 rings (SSSR count). The summed E-state index contributed by atoms with van der Waals surface area (Å²) < 4.78 is 0. The molecule has 0 spiro atoms. The zero-order chi connectivity index (χ0) is 13.7. The summed E-state index contributed by atoms with van der Waals surface area (Å²) in [5.41, 5.74) is 5.73. The topological polar surface area (TPSA) is 12.0 Å². The van der Waals surface area contributed by atoms with E-state index < -0.39 is 0 Å². The van der Waals surface area contributed by atoms with Crippen molar-refractivity contribution in [1.82, 2.24) is 5.32 Å². The first-order valence-electron chi connectivity index (χ1n) is 7.20. The average molecular weight is 247 g/mol. The van der Waals surface area contributed by atoms with Crippen molar-refractivity contribution >= 4 is 0 Å². The van der Waals surface area contributed by atoms with Gasteiger partial charge >= 0.3 is 0 Å². The summed E-state index contributed by atoms with van der Waals surface area (Å²) in [7, 11) is 2.08. The van der Waals surface area contributed by atoms with Crippen molar-refractivity contribution in [2.24, 2.45) is 5.92 Å². The first kappa shape index (κ1) is 15.2. The van der Waals surface area contributed by atoms with Crippen LogP contribution in [0.3, 0.4) is 0 Å². The van der Waals surface area contributed by atoms with Crippen LogP contribution in [0.4, 0.5) is 0 Å². The van der Waals surface area contributed by atoms with Gasteiger partial charge in [0.2, 0.25) is 0 Å². The maximum absolute atomic E-state index is 3.49. The smallest absolute Gasteiger partial charge is 0.0322 e. The number of nitrogens with one attached hydrogen (secondary N) is 1. The standard InChI is InChI=1S/C17H29N/c1-12(2)8-7-9-16(18-6)17-14(4)10-13(3)11-15(17)5/h10-12,16,18H,7-9H2,1-6H3. The van der Waals surface area contributed by atoms with Crippen molar-refractivity contribution in [2.75, 3.05) is 7.05 Å². The van der Waals surface area contributed by atoms with Crippen LogP contribution in [0.5, 0.6) is 0 Å². The van der Waals surface area contributed by atoms with Crippen LogP contribution in [-0.4, -0.2) is 7.05 Å². The molecule has 0 aromatic heterocycles. The van der Waals surface area contributed by atoms with E-state index in [4.69, 9.17) is 0 Å². The average Bonchev–Trinajstić information content (AvgIpc) is 2.25. The SMILES string of the molecule is CNC(CCCC(C)C)c1c(C)cc(C)cc1C. The Morgan fingerprint density at radius 3 is 2.00 bits per heavy atom. The van der Waals surface area contributed by atoms with Gasteiger partial charge < -0.3 is 5.32 Å². The van der Waals surface area contributed by atoms with Gasteiger partial charge in [0.1, 0.15) is 0 Å². The number of hydrogen-bond acceptors (Lipinski definition) is 1. The number of aryl methyl sites for hydroxylation is 3. The van der Waals surface area contributed by atoms with Crippen LogP contribution in [0.25, 0.3) is 0 Å². The minimum atomic E-state index is 0.504. The van der Waals surface area contributed by atoms with E-state index in [2.05, 4.69) is 59.1 Å². The summed E-state index contributed by atoms with van der Waals surface area (Å²) in [6.45, 7) is 11.3. The van der Waals surface area contributed by atoms with Crippen LogP contribution < -0.4 is 5.32 Å². The Hall–Kier alpha value is -0.820. The molecule has 1 heteroatoms. The molecule has 1 nitrogen and oxygen atoms in total. The molecule has 0 fully saturated rings. The van der Waals surface area contributed by atoms with E-state index >= 15 is 0 Å². The van der Waals surface area contributed by atoms with E-state index in [1.807, 2.05) is 0 Å². The molecule has 0 aliphatic rings. The Morgan fingerprint density at radius 2 is 1.56 bits per heavy atom.